The molecule has 152 valence electrons. The standard InChI is InChI=1S/C21H34N2O3S/c24-21-17-11-6-4-2-1-3-5-8-13-19(14-12-18-22-21)23-27(25,26)20-15-9-7-10-16-20/h7,9-10,15-16,19,23H,1-6,8,11-14,17-18H2,(H,22,24). The van der Waals surface area contributed by atoms with Crippen molar-refractivity contribution in [1.29, 1.82) is 0 Å². The number of nitrogens with one attached hydrogen (secondary N) is 2. The minimum atomic E-state index is -3.50. The molecule has 1 heterocycles. The van der Waals surface area contributed by atoms with E-state index in [1.807, 2.05) is 6.07 Å². The van der Waals surface area contributed by atoms with Crippen LogP contribution in [-0.2, 0) is 14.8 Å². The Morgan fingerprint density at radius 3 is 2.11 bits per heavy atom. The van der Waals surface area contributed by atoms with Crippen LogP contribution in [0, 0.1) is 0 Å². The lowest BCUT2D eigenvalue weighted by molar-refractivity contribution is -0.121. The van der Waals surface area contributed by atoms with Gasteiger partial charge in [0.1, 0.15) is 0 Å². The van der Waals surface area contributed by atoms with Crippen LogP contribution in [0.4, 0.5) is 0 Å². The maximum atomic E-state index is 12.6. The van der Waals surface area contributed by atoms with E-state index in [9.17, 15) is 13.2 Å². The molecule has 1 aliphatic heterocycles. The van der Waals surface area contributed by atoms with Gasteiger partial charge in [-0.1, -0.05) is 63.1 Å². The van der Waals surface area contributed by atoms with Gasteiger partial charge in [0.15, 0.2) is 0 Å². The van der Waals surface area contributed by atoms with E-state index >= 15 is 0 Å². The van der Waals surface area contributed by atoms with E-state index < -0.39 is 10.0 Å². The van der Waals surface area contributed by atoms with Crippen LogP contribution in [0.1, 0.15) is 77.0 Å². The first kappa shape index (κ1) is 21.9. The third-order valence-electron chi connectivity index (χ3n) is 5.13. The number of rotatable bonds is 3. The van der Waals surface area contributed by atoms with Crippen LogP contribution >= 0.6 is 0 Å². The summed E-state index contributed by atoms with van der Waals surface area (Å²) in [5, 5.41) is 2.96. The lowest BCUT2D eigenvalue weighted by Crippen LogP contribution is -2.35. The quantitative estimate of drug-likeness (QED) is 0.809. The van der Waals surface area contributed by atoms with Gasteiger partial charge in [-0.15, -0.1) is 0 Å². The molecule has 1 aromatic rings. The van der Waals surface area contributed by atoms with E-state index in [-0.39, 0.29) is 11.9 Å². The predicted molar refractivity (Wildman–Crippen MR) is 109 cm³/mol. The van der Waals surface area contributed by atoms with Crippen LogP contribution in [0.2, 0.25) is 0 Å². The minimum Gasteiger partial charge on any atom is -0.356 e. The fourth-order valence-corrected chi connectivity index (χ4v) is 4.88. The maximum Gasteiger partial charge on any atom is 0.240 e. The highest BCUT2D eigenvalue weighted by atomic mass is 32.2. The molecule has 1 amide bonds. The van der Waals surface area contributed by atoms with E-state index in [0.29, 0.717) is 17.9 Å². The monoisotopic (exact) mass is 394 g/mol. The molecule has 0 bridgehead atoms. The van der Waals surface area contributed by atoms with Gasteiger partial charge in [-0.25, -0.2) is 13.1 Å². The van der Waals surface area contributed by atoms with Gasteiger partial charge in [0.05, 0.1) is 4.90 Å². The summed E-state index contributed by atoms with van der Waals surface area (Å²) in [7, 11) is -3.50. The van der Waals surface area contributed by atoms with Gasteiger partial charge in [0.25, 0.3) is 0 Å². The smallest absolute Gasteiger partial charge is 0.240 e. The van der Waals surface area contributed by atoms with E-state index in [2.05, 4.69) is 10.0 Å². The SMILES string of the molecule is O=C1CCCCCCCCCCC(NS(=O)(=O)c2ccccc2)CCCN1. The van der Waals surface area contributed by atoms with Crippen LogP contribution < -0.4 is 10.0 Å². The fraction of sp³-hybridized carbons (Fsp3) is 0.667. The van der Waals surface area contributed by atoms with Crippen molar-refractivity contribution >= 4 is 15.9 Å². The highest BCUT2D eigenvalue weighted by molar-refractivity contribution is 7.89. The number of amides is 1. The van der Waals surface area contributed by atoms with Gasteiger partial charge in [0.2, 0.25) is 15.9 Å². The molecule has 2 rings (SSSR count). The molecule has 2 N–H and O–H groups in total. The molecule has 5 nitrogen and oxygen atoms in total. The molecule has 27 heavy (non-hydrogen) atoms. The van der Waals surface area contributed by atoms with E-state index in [1.165, 1.54) is 25.7 Å². The highest BCUT2D eigenvalue weighted by Crippen LogP contribution is 2.16. The summed E-state index contributed by atoms with van der Waals surface area (Å²) in [6.45, 7) is 0.613. The topological polar surface area (TPSA) is 75.3 Å². The van der Waals surface area contributed by atoms with Crippen LogP contribution in [0.3, 0.4) is 0 Å². The number of sulfonamides is 1. The Morgan fingerprint density at radius 2 is 1.41 bits per heavy atom. The van der Waals surface area contributed by atoms with Crippen molar-refractivity contribution in [1.82, 2.24) is 10.0 Å². The predicted octanol–water partition coefficient (Wildman–Crippen LogP) is 4.14. The van der Waals surface area contributed by atoms with E-state index in [0.717, 1.165) is 44.9 Å². The number of carbonyl (C=O) groups excluding carboxylic acids is 1. The Bertz CT molecular complexity index is 647. The third kappa shape index (κ3) is 8.89. The largest absolute Gasteiger partial charge is 0.356 e. The van der Waals surface area contributed by atoms with Crippen molar-refractivity contribution in [2.24, 2.45) is 0 Å². The summed E-state index contributed by atoms with van der Waals surface area (Å²) in [6.07, 6.45) is 12.1. The Labute approximate surface area is 164 Å². The number of hydrogen-bond donors (Lipinski definition) is 2. The molecule has 1 aromatic carbocycles. The first-order valence-corrected chi connectivity index (χ1v) is 11.9. The van der Waals surface area contributed by atoms with Crippen LogP contribution in [-0.4, -0.2) is 26.9 Å². The zero-order valence-electron chi connectivity index (χ0n) is 16.3. The number of carbonyl (C=O) groups is 1. The molecule has 0 radical (unpaired) electrons. The van der Waals surface area contributed by atoms with Crippen molar-refractivity contribution in [3.63, 3.8) is 0 Å². The average Bonchev–Trinajstić information content (AvgIpc) is 2.66. The molecule has 0 spiro atoms. The molecule has 0 aliphatic carbocycles. The Morgan fingerprint density at radius 1 is 0.815 bits per heavy atom. The van der Waals surface area contributed by atoms with Gasteiger partial charge in [-0.2, -0.15) is 0 Å². The van der Waals surface area contributed by atoms with Gasteiger partial charge in [-0.05, 0) is 37.8 Å². The normalized spacial score (nSPS) is 22.1. The van der Waals surface area contributed by atoms with Crippen molar-refractivity contribution in [3.05, 3.63) is 30.3 Å². The Hall–Kier alpha value is -1.40. The zero-order chi connectivity index (χ0) is 19.4. The van der Waals surface area contributed by atoms with Crippen molar-refractivity contribution in [3.8, 4) is 0 Å². The molecule has 1 atom stereocenters. The fourth-order valence-electron chi connectivity index (χ4n) is 3.55. The van der Waals surface area contributed by atoms with Crippen molar-refractivity contribution in [2.45, 2.75) is 88.0 Å². The van der Waals surface area contributed by atoms with Crippen LogP contribution in [0.15, 0.2) is 35.2 Å². The minimum absolute atomic E-state index is 0.0833. The first-order chi connectivity index (χ1) is 13.1. The summed E-state index contributed by atoms with van der Waals surface area (Å²) in [4.78, 5) is 12.2. The van der Waals surface area contributed by atoms with Crippen molar-refractivity contribution in [2.75, 3.05) is 6.54 Å². The summed E-state index contributed by atoms with van der Waals surface area (Å²) in [5.74, 6) is 0.114. The lowest BCUT2D eigenvalue weighted by atomic mass is 10.0. The summed E-state index contributed by atoms with van der Waals surface area (Å²) in [5.41, 5.74) is 0. The van der Waals surface area contributed by atoms with Gasteiger partial charge in [-0.3, -0.25) is 4.79 Å². The molecule has 0 saturated carbocycles. The lowest BCUT2D eigenvalue weighted by Gasteiger charge is -2.19. The summed E-state index contributed by atoms with van der Waals surface area (Å²) >= 11 is 0. The molecule has 1 aliphatic rings. The zero-order valence-corrected chi connectivity index (χ0v) is 17.1. The van der Waals surface area contributed by atoms with Crippen LogP contribution in [0.5, 0.6) is 0 Å². The first-order valence-electron chi connectivity index (χ1n) is 10.4. The maximum absolute atomic E-state index is 12.6. The molecular weight excluding hydrogens is 360 g/mol. The number of benzene rings is 1. The molecular formula is C21H34N2O3S. The van der Waals surface area contributed by atoms with E-state index in [4.69, 9.17) is 0 Å². The van der Waals surface area contributed by atoms with Gasteiger partial charge >= 0.3 is 0 Å². The average molecular weight is 395 g/mol. The molecule has 0 aromatic heterocycles. The highest BCUT2D eigenvalue weighted by Gasteiger charge is 2.19. The van der Waals surface area contributed by atoms with E-state index in [1.54, 1.807) is 24.3 Å². The Kier molecular flexibility index (Phi) is 9.84. The van der Waals surface area contributed by atoms with Crippen LogP contribution in [0.25, 0.3) is 0 Å². The second-order valence-electron chi connectivity index (χ2n) is 7.49. The second-order valence-corrected chi connectivity index (χ2v) is 9.20. The molecule has 1 unspecified atom stereocenters. The number of hydrogen-bond acceptors (Lipinski definition) is 3. The third-order valence-corrected chi connectivity index (χ3v) is 6.67. The Balaban J connectivity index is 1.92. The summed E-state index contributed by atoms with van der Waals surface area (Å²) in [6, 6.07) is 8.45. The molecule has 1 fully saturated rings. The van der Waals surface area contributed by atoms with Gasteiger partial charge in [0, 0.05) is 19.0 Å². The van der Waals surface area contributed by atoms with Gasteiger partial charge < -0.3 is 5.32 Å². The summed E-state index contributed by atoms with van der Waals surface area (Å²) < 4.78 is 28.1. The molecule has 1 saturated heterocycles. The van der Waals surface area contributed by atoms with Crippen molar-refractivity contribution < 1.29 is 13.2 Å². The molecule has 6 heteroatoms. The second kappa shape index (κ2) is 12.1.